The van der Waals surface area contributed by atoms with Gasteiger partial charge >= 0.3 is 0 Å². The highest BCUT2D eigenvalue weighted by Crippen LogP contribution is 2.08. The van der Waals surface area contributed by atoms with Gasteiger partial charge in [0.25, 0.3) is 0 Å². The molecule has 0 bridgehead atoms. The minimum absolute atomic E-state index is 0.0764. The van der Waals surface area contributed by atoms with Gasteiger partial charge in [0.2, 0.25) is 0 Å². The van der Waals surface area contributed by atoms with Crippen LogP contribution in [-0.4, -0.2) is 25.4 Å². The van der Waals surface area contributed by atoms with Gasteiger partial charge in [-0.3, -0.25) is 0 Å². The molecule has 2 atom stereocenters. The van der Waals surface area contributed by atoms with E-state index in [0.717, 1.165) is 0 Å². The molecule has 0 aromatic heterocycles. The summed E-state index contributed by atoms with van der Waals surface area (Å²) in [4.78, 5) is 0. The van der Waals surface area contributed by atoms with Gasteiger partial charge in [0.15, 0.2) is 0 Å². The number of alkyl halides is 2. The number of nitrogens with one attached hydrogen (secondary N) is 1. The van der Waals surface area contributed by atoms with Crippen LogP contribution in [0.15, 0.2) is 0 Å². The third-order valence-electron chi connectivity index (χ3n) is 1.24. The molecule has 0 saturated carbocycles. The number of piperidine rings is 1. The lowest BCUT2D eigenvalue weighted by molar-refractivity contribution is 0.173. The SMILES string of the molecule is F[C@@H]1CNC[C@@H](F)C1. The van der Waals surface area contributed by atoms with E-state index in [4.69, 9.17) is 0 Å². The van der Waals surface area contributed by atoms with Crippen molar-refractivity contribution in [1.82, 2.24) is 5.32 Å². The van der Waals surface area contributed by atoms with Gasteiger partial charge in [-0.15, -0.1) is 0 Å². The van der Waals surface area contributed by atoms with Crippen molar-refractivity contribution < 1.29 is 8.78 Å². The molecule has 1 fully saturated rings. The molecule has 0 unspecified atom stereocenters. The molecular formula is C5H9F2N. The van der Waals surface area contributed by atoms with Gasteiger partial charge in [0, 0.05) is 19.5 Å². The Morgan fingerprint density at radius 1 is 1.12 bits per heavy atom. The minimum Gasteiger partial charge on any atom is -0.311 e. The lowest BCUT2D eigenvalue weighted by Crippen LogP contribution is -2.38. The van der Waals surface area contributed by atoms with Gasteiger partial charge in [-0.25, -0.2) is 8.78 Å². The zero-order valence-electron chi connectivity index (χ0n) is 4.53. The molecule has 0 aromatic rings. The molecule has 1 nitrogen and oxygen atoms in total. The van der Waals surface area contributed by atoms with Crippen LogP contribution in [0.2, 0.25) is 0 Å². The van der Waals surface area contributed by atoms with Crippen LogP contribution in [0.5, 0.6) is 0 Å². The number of hydrogen-bond donors (Lipinski definition) is 1. The van der Waals surface area contributed by atoms with E-state index in [9.17, 15) is 8.78 Å². The van der Waals surface area contributed by atoms with E-state index >= 15 is 0 Å². The molecule has 0 aromatic carbocycles. The zero-order chi connectivity index (χ0) is 5.98. The highest BCUT2D eigenvalue weighted by Gasteiger charge is 2.19. The van der Waals surface area contributed by atoms with E-state index in [1.54, 1.807) is 0 Å². The Labute approximate surface area is 47.1 Å². The number of rotatable bonds is 0. The van der Waals surface area contributed by atoms with Crippen molar-refractivity contribution in [3.8, 4) is 0 Å². The summed E-state index contributed by atoms with van der Waals surface area (Å²) < 4.78 is 24.3. The van der Waals surface area contributed by atoms with E-state index in [0.29, 0.717) is 13.1 Å². The summed E-state index contributed by atoms with van der Waals surface area (Å²) in [6.07, 6.45) is -1.87. The van der Waals surface area contributed by atoms with Crippen molar-refractivity contribution in [2.45, 2.75) is 18.8 Å². The van der Waals surface area contributed by atoms with E-state index in [1.807, 2.05) is 0 Å². The van der Waals surface area contributed by atoms with Crippen molar-refractivity contribution in [2.24, 2.45) is 0 Å². The lowest BCUT2D eigenvalue weighted by atomic mass is 10.1. The average molecular weight is 121 g/mol. The third kappa shape index (κ3) is 1.40. The fourth-order valence-corrected chi connectivity index (χ4v) is 0.841. The molecule has 1 heterocycles. The van der Waals surface area contributed by atoms with E-state index in [2.05, 4.69) is 5.32 Å². The van der Waals surface area contributed by atoms with Gasteiger partial charge in [-0.05, 0) is 0 Å². The summed E-state index contributed by atoms with van der Waals surface area (Å²) in [5.74, 6) is 0. The van der Waals surface area contributed by atoms with Gasteiger partial charge in [-0.2, -0.15) is 0 Å². The Hall–Kier alpha value is -0.180. The van der Waals surface area contributed by atoms with Crippen molar-refractivity contribution in [1.29, 1.82) is 0 Å². The van der Waals surface area contributed by atoms with Crippen LogP contribution in [0.4, 0.5) is 8.78 Å². The molecular weight excluding hydrogens is 112 g/mol. The molecule has 3 heteroatoms. The fraction of sp³-hybridized carbons (Fsp3) is 1.00. The van der Waals surface area contributed by atoms with Crippen LogP contribution in [-0.2, 0) is 0 Å². The summed E-state index contributed by atoms with van der Waals surface area (Å²) >= 11 is 0. The second-order valence-corrected chi connectivity index (χ2v) is 2.09. The van der Waals surface area contributed by atoms with E-state index in [-0.39, 0.29) is 6.42 Å². The maximum Gasteiger partial charge on any atom is 0.115 e. The van der Waals surface area contributed by atoms with E-state index < -0.39 is 12.3 Å². The summed E-state index contributed by atoms with van der Waals surface area (Å²) in [7, 11) is 0. The molecule has 0 spiro atoms. The predicted octanol–water partition coefficient (Wildman–Crippen LogP) is 0.656. The van der Waals surface area contributed by atoms with Gasteiger partial charge in [0.1, 0.15) is 12.3 Å². The fourth-order valence-electron chi connectivity index (χ4n) is 0.841. The Morgan fingerprint density at radius 2 is 1.62 bits per heavy atom. The molecule has 0 amide bonds. The standard InChI is InChI=1S/C5H9F2N/c6-4-1-5(7)3-8-2-4/h4-5,8H,1-3H2/t4-,5-/m0/s1. The zero-order valence-corrected chi connectivity index (χ0v) is 4.53. The average Bonchev–Trinajstić information content (AvgIpc) is 1.64. The first-order chi connectivity index (χ1) is 3.79. The topological polar surface area (TPSA) is 12.0 Å². The van der Waals surface area contributed by atoms with Crippen LogP contribution in [0.3, 0.4) is 0 Å². The molecule has 0 radical (unpaired) electrons. The monoisotopic (exact) mass is 121 g/mol. The van der Waals surface area contributed by atoms with Crippen molar-refractivity contribution >= 4 is 0 Å². The Kier molecular flexibility index (Phi) is 1.78. The highest BCUT2D eigenvalue weighted by molar-refractivity contribution is 4.74. The Morgan fingerprint density at radius 3 is 1.88 bits per heavy atom. The normalized spacial score (nSPS) is 39.8. The second-order valence-electron chi connectivity index (χ2n) is 2.09. The number of halogens is 2. The maximum atomic E-state index is 12.1. The molecule has 8 heavy (non-hydrogen) atoms. The number of hydrogen-bond acceptors (Lipinski definition) is 1. The van der Waals surface area contributed by atoms with Crippen LogP contribution in [0.25, 0.3) is 0 Å². The second kappa shape index (κ2) is 2.40. The summed E-state index contributed by atoms with van der Waals surface area (Å²) in [6.45, 7) is 0.640. The molecule has 0 aliphatic carbocycles. The van der Waals surface area contributed by atoms with Gasteiger partial charge in [0.05, 0.1) is 0 Å². The lowest BCUT2D eigenvalue weighted by Gasteiger charge is -2.18. The molecule has 1 aliphatic heterocycles. The van der Waals surface area contributed by atoms with Gasteiger partial charge < -0.3 is 5.32 Å². The van der Waals surface area contributed by atoms with Gasteiger partial charge in [-0.1, -0.05) is 0 Å². The molecule has 1 saturated heterocycles. The van der Waals surface area contributed by atoms with Crippen LogP contribution in [0.1, 0.15) is 6.42 Å². The minimum atomic E-state index is -0.973. The van der Waals surface area contributed by atoms with Crippen LogP contribution in [0, 0.1) is 0 Å². The Balaban J connectivity index is 2.23. The van der Waals surface area contributed by atoms with E-state index in [1.165, 1.54) is 0 Å². The van der Waals surface area contributed by atoms with Crippen molar-refractivity contribution in [2.75, 3.05) is 13.1 Å². The summed E-state index contributed by atoms with van der Waals surface area (Å²) in [5.41, 5.74) is 0. The predicted molar refractivity (Wildman–Crippen MR) is 27.3 cm³/mol. The molecule has 1 aliphatic rings. The molecule has 1 rings (SSSR count). The highest BCUT2D eigenvalue weighted by atomic mass is 19.1. The van der Waals surface area contributed by atoms with Crippen molar-refractivity contribution in [3.63, 3.8) is 0 Å². The Bertz CT molecular complexity index is 68.8. The smallest absolute Gasteiger partial charge is 0.115 e. The molecule has 48 valence electrons. The first-order valence-electron chi connectivity index (χ1n) is 2.78. The quantitative estimate of drug-likeness (QED) is 0.496. The maximum absolute atomic E-state index is 12.1. The summed E-state index contributed by atoms with van der Waals surface area (Å²) in [5, 5.41) is 2.63. The summed E-state index contributed by atoms with van der Waals surface area (Å²) in [6, 6.07) is 0. The molecule has 1 N–H and O–H groups in total. The first-order valence-corrected chi connectivity index (χ1v) is 2.78. The third-order valence-corrected chi connectivity index (χ3v) is 1.24. The first kappa shape index (κ1) is 5.95. The van der Waals surface area contributed by atoms with Crippen molar-refractivity contribution in [3.05, 3.63) is 0 Å². The van der Waals surface area contributed by atoms with Crippen LogP contribution < -0.4 is 5.32 Å². The van der Waals surface area contributed by atoms with Crippen LogP contribution >= 0.6 is 0 Å². The largest absolute Gasteiger partial charge is 0.311 e.